The second-order valence-electron chi connectivity index (χ2n) is 5.65. The highest BCUT2D eigenvalue weighted by Gasteiger charge is 2.17. The molecule has 0 spiro atoms. The summed E-state index contributed by atoms with van der Waals surface area (Å²) in [6.45, 7) is 6.77. The summed E-state index contributed by atoms with van der Waals surface area (Å²) in [4.78, 5) is 12.0. The maximum atomic E-state index is 12.0. The van der Waals surface area contributed by atoms with Crippen LogP contribution in [0.1, 0.15) is 27.2 Å². The molecule has 4 N–H and O–H groups in total. The van der Waals surface area contributed by atoms with Gasteiger partial charge >= 0.3 is 6.03 Å². The van der Waals surface area contributed by atoms with Gasteiger partial charge in [-0.3, -0.25) is 0 Å². The first-order chi connectivity index (χ1) is 9.87. The Kier molecular flexibility index (Phi) is 6.30. The quantitative estimate of drug-likeness (QED) is 0.703. The third kappa shape index (κ3) is 5.91. The molecule has 0 aromatic heterocycles. The highest BCUT2D eigenvalue weighted by Crippen LogP contribution is 2.34. The molecule has 118 valence electrons. The molecule has 0 bridgehead atoms. The van der Waals surface area contributed by atoms with Crippen LogP contribution in [0.5, 0.6) is 11.5 Å². The third-order valence-corrected chi connectivity index (χ3v) is 2.54. The first-order valence-corrected chi connectivity index (χ1v) is 6.96. The Bertz CT molecular complexity index is 470. The molecule has 21 heavy (non-hydrogen) atoms. The number of hydrogen-bond acceptors (Lipinski definition) is 4. The molecule has 0 saturated heterocycles. The molecule has 1 aromatic rings. The second-order valence-corrected chi connectivity index (χ2v) is 5.65. The molecule has 6 heteroatoms. The van der Waals surface area contributed by atoms with E-state index in [1.807, 2.05) is 26.8 Å². The van der Waals surface area contributed by atoms with Crippen LogP contribution in [0.15, 0.2) is 18.2 Å². The fraction of sp³-hybridized carbons (Fsp3) is 0.533. The maximum Gasteiger partial charge on any atom is 0.319 e. The van der Waals surface area contributed by atoms with E-state index in [0.29, 0.717) is 30.3 Å². The average Bonchev–Trinajstić information content (AvgIpc) is 2.38. The van der Waals surface area contributed by atoms with E-state index >= 15 is 0 Å². The number of anilines is 1. The Morgan fingerprint density at radius 3 is 2.52 bits per heavy atom. The lowest BCUT2D eigenvalue weighted by Gasteiger charge is -2.22. The van der Waals surface area contributed by atoms with Crippen LogP contribution in [0.3, 0.4) is 0 Å². The van der Waals surface area contributed by atoms with Gasteiger partial charge in [0, 0.05) is 5.54 Å². The molecule has 2 amide bonds. The molecule has 0 unspecified atom stereocenters. The molecule has 0 heterocycles. The molecule has 0 aliphatic heterocycles. The van der Waals surface area contributed by atoms with E-state index in [9.17, 15) is 4.79 Å². The summed E-state index contributed by atoms with van der Waals surface area (Å²) in [7, 11) is 1.55. The predicted molar refractivity (Wildman–Crippen MR) is 84.1 cm³/mol. The van der Waals surface area contributed by atoms with Crippen LogP contribution in [0, 0.1) is 0 Å². The average molecular weight is 295 g/mol. The van der Waals surface area contributed by atoms with E-state index in [0.717, 1.165) is 6.42 Å². The Balaban J connectivity index is 2.88. The Hall–Kier alpha value is -1.95. The highest BCUT2D eigenvalue weighted by molar-refractivity contribution is 5.93. The van der Waals surface area contributed by atoms with Crippen LogP contribution in [-0.4, -0.2) is 31.8 Å². The Morgan fingerprint density at radius 2 is 1.95 bits per heavy atom. The van der Waals surface area contributed by atoms with Gasteiger partial charge in [-0.25, -0.2) is 4.79 Å². The lowest BCUT2D eigenvalue weighted by Crippen LogP contribution is -2.43. The first kappa shape index (κ1) is 17.1. The molecule has 0 saturated carbocycles. The smallest absolute Gasteiger partial charge is 0.319 e. The zero-order valence-electron chi connectivity index (χ0n) is 13.2. The van der Waals surface area contributed by atoms with Crippen molar-refractivity contribution in [3.05, 3.63) is 18.2 Å². The summed E-state index contributed by atoms with van der Waals surface area (Å²) in [5.74, 6) is 1.11. The predicted octanol–water partition coefficient (Wildman–Crippen LogP) is 2.34. The highest BCUT2D eigenvalue weighted by atomic mass is 16.5. The topological polar surface area (TPSA) is 85.6 Å². The van der Waals surface area contributed by atoms with Crippen molar-refractivity contribution >= 4 is 11.7 Å². The minimum absolute atomic E-state index is 0.310. The van der Waals surface area contributed by atoms with Crippen molar-refractivity contribution < 1.29 is 14.3 Å². The van der Waals surface area contributed by atoms with Gasteiger partial charge in [-0.2, -0.15) is 0 Å². The van der Waals surface area contributed by atoms with Crippen molar-refractivity contribution in [2.75, 3.05) is 25.6 Å². The second kappa shape index (κ2) is 7.73. The molecule has 6 nitrogen and oxygen atoms in total. The van der Waals surface area contributed by atoms with Crippen molar-refractivity contribution in [3.63, 3.8) is 0 Å². The Morgan fingerprint density at radius 1 is 1.29 bits per heavy atom. The lowest BCUT2D eigenvalue weighted by atomic mass is 10.1. The van der Waals surface area contributed by atoms with E-state index in [2.05, 4.69) is 10.6 Å². The van der Waals surface area contributed by atoms with Gasteiger partial charge in [0.1, 0.15) is 17.2 Å². The number of hydrogen-bond donors (Lipinski definition) is 3. The van der Waals surface area contributed by atoms with E-state index < -0.39 is 0 Å². The monoisotopic (exact) mass is 295 g/mol. The summed E-state index contributed by atoms with van der Waals surface area (Å²) >= 11 is 0. The van der Waals surface area contributed by atoms with Gasteiger partial charge in [0.25, 0.3) is 0 Å². The van der Waals surface area contributed by atoms with Gasteiger partial charge in [0.15, 0.2) is 0 Å². The number of nitrogens with one attached hydrogen (secondary N) is 2. The van der Waals surface area contributed by atoms with Crippen LogP contribution < -0.4 is 25.8 Å². The normalized spacial score (nSPS) is 10.9. The van der Waals surface area contributed by atoms with E-state index in [1.165, 1.54) is 0 Å². The molecular formula is C15H25N3O3. The van der Waals surface area contributed by atoms with Gasteiger partial charge in [0.2, 0.25) is 0 Å². The zero-order valence-corrected chi connectivity index (χ0v) is 13.2. The summed E-state index contributed by atoms with van der Waals surface area (Å²) in [6, 6.07) is 5.05. The van der Waals surface area contributed by atoms with Crippen LogP contribution in [0.2, 0.25) is 0 Å². The van der Waals surface area contributed by atoms with Gasteiger partial charge in [-0.15, -0.1) is 0 Å². The summed E-state index contributed by atoms with van der Waals surface area (Å²) in [6.07, 6.45) is 0.741. The van der Waals surface area contributed by atoms with Gasteiger partial charge < -0.3 is 25.8 Å². The van der Waals surface area contributed by atoms with Crippen molar-refractivity contribution in [3.8, 4) is 11.5 Å². The van der Waals surface area contributed by atoms with Crippen molar-refractivity contribution in [1.29, 1.82) is 0 Å². The fourth-order valence-electron chi connectivity index (χ4n) is 1.68. The summed E-state index contributed by atoms with van der Waals surface area (Å²) in [5, 5.41) is 5.61. The minimum Gasteiger partial charge on any atom is -0.494 e. The molecule has 0 atom stereocenters. The van der Waals surface area contributed by atoms with Crippen LogP contribution in [-0.2, 0) is 0 Å². The largest absolute Gasteiger partial charge is 0.494 e. The number of ether oxygens (including phenoxy) is 2. The van der Waals surface area contributed by atoms with E-state index in [-0.39, 0.29) is 11.6 Å². The number of nitrogens with two attached hydrogens (primary N) is 1. The molecule has 1 rings (SSSR count). The molecule has 0 fully saturated rings. The number of para-hydroxylation sites is 1. The van der Waals surface area contributed by atoms with Crippen LogP contribution in [0.25, 0.3) is 0 Å². The number of benzene rings is 1. The van der Waals surface area contributed by atoms with Crippen molar-refractivity contribution in [2.45, 2.75) is 32.7 Å². The fourth-order valence-corrected chi connectivity index (χ4v) is 1.68. The first-order valence-electron chi connectivity index (χ1n) is 6.96. The maximum absolute atomic E-state index is 12.0. The molecule has 0 aliphatic carbocycles. The third-order valence-electron chi connectivity index (χ3n) is 2.54. The standard InChI is InChI=1S/C15H25N3O3/c1-15(2,3)18-14(19)17-13-11(20-4)7-5-8-12(13)21-10-6-9-16/h5,7-8H,6,9-10,16H2,1-4H3,(H2,17,18,19). The molecule has 0 aliphatic rings. The molecule has 0 radical (unpaired) electrons. The number of urea groups is 1. The van der Waals surface area contributed by atoms with Crippen molar-refractivity contribution in [1.82, 2.24) is 5.32 Å². The number of methoxy groups -OCH3 is 1. The number of rotatable bonds is 6. The zero-order chi connectivity index (χ0) is 15.9. The van der Waals surface area contributed by atoms with Gasteiger partial charge in [0.05, 0.1) is 13.7 Å². The number of carbonyl (C=O) groups excluding carboxylic acids is 1. The number of amides is 2. The van der Waals surface area contributed by atoms with Crippen LogP contribution in [0.4, 0.5) is 10.5 Å². The molecule has 1 aromatic carbocycles. The molecular weight excluding hydrogens is 270 g/mol. The van der Waals surface area contributed by atoms with Gasteiger partial charge in [-0.05, 0) is 45.9 Å². The minimum atomic E-state index is -0.327. The Labute approximate surface area is 126 Å². The van der Waals surface area contributed by atoms with E-state index in [4.69, 9.17) is 15.2 Å². The SMILES string of the molecule is COc1cccc(OCCCN)c1NC(=O)NC(C)(C)C. The summed E-state index contributed by atoms with van der Waals surface area (Å²) < 4.78 is 10.9. The van der Waals surface area contributed by atoms with E-state index in [1.54, 1.807) is 19.2 Å². The van der Waals surface area contributed by atoms with Crippen LogP contribution >= 0.6 is 0 Å². The van der Waals surface area contributed by atoms with Crippen molar-refractivity contribution in [2.24, 2.45) is 5.73 Å². The summed E-state index contributed by atoms with van der Waals surface area (Å²) in [5.41, 5.74) is 5.64. The lowest BCUT2D eigenvalue weighted by molar-refractivity contribution is 0.243. The number of carbonyl (C=O) groups is 1. The van der Waals surface area contributed by atoms with Gasteiger partial charge in [-0.1, -0.05) is 6.07 Å².